The standard InChI is InChI=1S/C10H21NO2S/c1-10(5-3-4-6-10)9-11-7-8-14(2,12)13/h11H,3-9H2,1-2H3. The minimum absolute atomic E-state index is 0.253. The molecule has 1 N–H and O–H groups in total. The fraction of sp³-hybridized carbons (Fsp3) is 1.00. The Hall–Kier alpha value is -0.0900. The largest absolute Gasteiger partial charge is 0.315 e. The van der Waals surface area contributed by atoms with E-state index in [4.69, 9.17) is 0 Å². The first kappa shape index (κ1) is 12.0. The zero-order valence-electron chi connectivity index (χ0n) is 9.17. The number of hydrogen-bond donors (Lipinski definition) is 1. The summed E-state index contributed by atoms with van der Waals surface area (Å²) in [5.74, 6) is 0.253. The van der Waals surface area contributed by atoms with Gasteiger partial charge in [-0.25, -0.2) is 8.42 Å². The molecule has 1 saturated carbocycles. The summed E-state index contributed by atoms with van der Waals surface area (Å²) in [5.41, 5.74) is 0.414. The third kappa shape index (κ3) is 4.42. The van der Waals surface area contributed by atoms with Gasteiger partial charge >= 0.3 is 0 Å². The lowest BCUT2D eigenvalue weighted by Gasteiger charge is -2.23. The Morgan fingerprint density at radius 3 is 2.36 bits per heavy atom. The van der Waals surface area contributed by atoms with Crippen LogP contribution in [0, 0.1) is 5.41 Å². The van der Waals surface area contributed by atoms with E-state index in [1.165, 1.54) is 31.9 Å². The highest BCUT2D eigenvalue weighted by Gasteiger charge is 2.27. The third-order valence-corrected chi connectivity index (χ3v) is 3.96. The molecule has 0 radical (unpaired) electrons. The van der Waals surface area contributed by atoms with E-state index in [1.54, 1.807) is 0 Å². The molecule has 0 aromatic carbocycles. The van der Waals surface area contributed by atoms with Gasteiger partial charge in [-0.1, -0.05) is 19.8 Å². The van der Waals surface area contributed by atoms with Gasteiger partial charge in [0.25, 0.3) is 0 Å². The lowest BCUT2D eigenvalue weighted by molar-refractivity contribution is 0.319. The Bertz CT molecular complexity index is 266. The molecule has 1 rings (SSSR count). The van der Waals surface area contributed by atoms with Crippen LogP contribution < -0.4 is 5.32 Å². The van der Waals surface area contributed by atoms with Gasteiger partial charge in [-0.2, -0.15) is 0 Å². The smallest absolute Gasteiger partial charge is 0.148 e. The van der Waals surface area contributed by atoms with Crippen LogP contribution in [0.25, 0.3) is 0 Å². The molecule has 84 valence electrons. The topological polar surface area (TPSA) is 46.2 Å². The van der Waals surface area contributed by atoms with E-state index in [1.807, 2.05) is 0 Å². The van der Waals surface area contributed by atoms with E-state index in [2.05, 4.69) is 12.2 Å². The van der Waals surface area contributed by atoms with Crippen LogP contribution in [0.1, 0.15) is 32.6 Å². The SMILES string of the molecule is CC1(CNCCS(C)(=O)=O)CCCC1. The van der Waals surface area contributed by atoms with E-state index >= 15 is 0 Å². The Morgan fingerprint density at radius 1 is 1.29 bits per heavy atom. The van der Waals surface area contributed by atoms with E-state index in [9.17, 15) is 8.42 Å². The molecule has 0 bridgehead atoms. The van der Waals surface area contributed by atoms with Crippen LogP contribution >= 0.6 is 0 Å². The molecule has 1 aliphatic rings. The maximum atomic E-state index is 10.9. The van der Waals surface area contributed by atoms with Crippen LogP contribution in [0.15, 0.2) is 0 Å². The summed E-state index contributed by atoms with van der Waals surface area (Å²) in [6, 6.07) is 0. The summed E-state index contributed by atoms with van der Waals surface area (Å²) in [6.45, 7) is 3.84. The minimum Gasteiger partial charge on any atom is -0.315 e. The highest BCUT2D eigenvalue weighted by molar-refractivity contribution is 7.90. The summed E-state index contributed by atoms with van der Waals surface area (Å²) >= 11 is 0. The van der Waals surface area contributed by atoms with Crippen molar-refractivity contribution in [1.82, 2.24) is 5.32 Å². The van der Waals surface area contributed by atoms with Crippen molar-refractivity contribution >= 4 is 9.84 Å². The van der Waals surface area contributed by atoms with E-state index in [0.717, 1.165) is 6.54 Å². The molecule has 0 atom stereocenters. The average Bonchev–Trinajstić information content (AvgIpc) is 2.45. The Kier molecular flexibility index (Phi) is 3.95. The molecule has 1 fully saturated rings. The molecular formula is C10H21NO2S. The molecule has 14 heavy (non-hydrogen) atoms. The second-order valence-electron chi connectivity index (χ2n) is 4.82. The van der Waals surface area contributed by atoms with Crippen LogP contribution in [0.2, 0.25) is 0 Å². The molecule has 0 aromatic heterocycles. The zero-order valence-corrected chi connectivity index (χ0v) is 9.99. The number of rotatable bonds is 5. The molecule has 1 aliphatic carbocycles. The van der Waals surface area contributed by atoms with Gasteiger partial charge in [0.2, 0.25) is 0 Å². The van der Waals surface area contributed by atoms with Crippen molar-refractivity contribution in [3.8, 4) is 0 Å². The molecule has 0 aromatic rings. The monoisotopic (exact) mass is 219 g/mol. The highest BCUT2D eigenvalue weighted by atomic mass is 32.2. The van der Waals surface area contributed by atoms with E-state index < -0.39 is 9.84 Å². The average molecular weight is 219 g/mol. The molecule has 0 aliphatic heterocycles. The first-order valence-electron chi connectivity index (χ1n) is 5.30. The van der Waals surface area contributed by atoms with Gasteiger partial charge in [0.05, 0.1) is 5.75 Å². The van der Waals surface area contributed by atoms with E-state index in [0.29, 0.717) is 12.0 Å². The van der Waals surface area contributed by atoms with Crippen molar-refractivity contribution < 1.29 is 8.42 Å². The molecule has 4 heteroatoms. The van der Waals surface area contributed by atoms with Crippen molar-refractivity contribution in [1.29, 1.82) is 0 Å². The number of nitrogens with one attached hydrogen (secondary N) is 1. The van der Waals surface area contributed by atoms with Crippen molar-refractivity contribution in [3.05, 3.63) is 0 Å². The van der Waals surface area contributed by atoms with Crippen LogP contribution in [-0.2, 0) is 9.84 Å². The molecule has 0 unspecified atom stereocenters. The van der Waals surface area contributed by atoms with E-state index in [-0.39, 0.29) is 5.75 Å². The first-order valence-corrected chi connectivity index (χ1v) is 7.36. The van der Waals surface area contributed by atoms with Crippen LogP contribution in [0.3, 0.4) is 0 Å². The van der Waals surface area contributed by atoms with Gasteiger partial charge in [-0.3, -0.25) is 0 Å². The summed E-state index contributed by atoms with van der Waals surface area (Å²) in [7, 11) is -2.80. The van der Waals surface area contributed by atoms with Crippen LogP contribution in [0.4, 0.5) is 0 Å². The lowest BCUT2D eigenvalue weighted by atomic mass is 9.89. The van der Waals surface area contributed by atoms with Gasteiger partial charge in [-0.15, -0.1) is 0 Å². The molecule has 0 saturated heterocycles. The van der Waals surface area contributed by atoms with Gasteiger partial charge in [0.15, 0.2) is 0 Å². The maximum Gasteiger partial charge on any atom is 0.148 e. The first-order chi connectivity index (χ1) is 6.41. The lowest BCUT2D eigenvalue weighted by Crippen LogP contribution is -2.32. The van der Waals surface area contributed by atoms with Crippen molar-refractivity contribution in [3.63, 3.8) is 0 Å². The summed E-state index contributed by atoms with van der Waals surface area (Å²) in [4.78, 5) is 0. The fourth-order valence-electron chi connectivity index (χ4n) is 2.05. The Labute approximate surface area is 87.2 Å². The third-order valence-electron chi connectivity index (χ3n) is 3.01. The van der Waals surface area contributed by atoms with Gasteiger partial charge in [0.1, 0.15) is 9.84 Å². The molecule has 0 spiro atoms. The summed E-state index contributed by atoms with van der Waals surface area (Å²) in [5, 5.41) is 3.25. The van der Waals surface area contributed by atoms with Crippen molar-refractivity contribution in [2.75, 3.05) is 25.1 Å². The second kappa shape index (κ2) is 4.62. The normalized spacial score (nSPS) is 21.3. The quantitative estimate of drug-likeness (QED) is 0.707. The van der Waals surface area contributed by atoms with Gasteiger partial charge in [0, 0.05) is 19.3 Å². The van der Waals surface area contributed by atoms with Gasteiger partial charge in [-0.05, 0) is 18.3 Å². The molecule has 0 amide bonds. The van der Waals surface area contributed by atoms with Crippen LogP contribution in [0.5, 0.6) is 0 Å². The predicted molar refractivity (Wildman–Crippen MR) is 59.2 cm³/mol. The molecular weight excluding hydrogens is 198 g/mol. The number of sulfone groups is 1. The van der Waals surface area contributed by atoms with Crippen molar-refractivity contribution in [2.24, 2.45) is 5.41 Å². The predicted octanol–water partition coefficient (Wildman–Crippen LogP) is 1.20. The maximum absolute atomic E-state index is 10.9. The summed E-state index contributed by atoms with van der Waals surface area (Å²) in [6.07, 6.45) is 6.48. The highest BCUT2D eigenvalue weighted by Crippen LogP contribution is 2.36. The molecule has 0 heterocycles. The minimum atomic E-state index is -2.80. The second-order valence-corrected chi connectivity index (χ2v) is 7.08. The van der Waals surface area contributed by atoms with Gasteiger partial charge < -0.3 is 5.32 Å². The van der Waals surface area contributed by atoms with Crippen molar-refractivity contribution in [2.45, 2.75) is 32.6 Å². The number of hydrogen-bond acceptors (Lipinski definition) is 3. The fourth-order valence-corrected chi connectivity index (χ4v) is 2.57. The van der Waals surface area contributed by atoms with Crippen LogP contribution in [-0.4, -0.2) is 33.5 Å². The Morgan fingerprint density at radius 2 is 1.86 bits per heavy atom. The Balaban J connectivity index is 2.15. The summed E-state index contributed by atoms with van der Waals surface area (Å²) < 4.78 is 21.7. The zero-order chi connectivity index (χ0) is 10.7. The molecule has 3 nitrogen and oxygen atoms in total.